The van der Waals surface area contributed by atoms with Gasteiger partial charge in [0.1, 0.15) is 10.4 Å². The maximum absolute atomic E-state index is 5.65. The number of rotatable bonds is 2. The van der Waals surface area contributed by atoms with Crippen molar-refractivity contribution in [3.05, 3.63) is 38.9 Å². The van der Waals surface area contributed by atoms with Crippen molar-refractivity contribution in [1.29, 1.82) is 0 Å². The molecule has 0 aliphatic carbocycles. The number of hydrogen-bond acceptors (Lipinski definition) is 4. The Labute approximate surface area is 116 Å². The van der Waals surface area contributed by atoms with E-state index in [-0.39, 0.29) is 0 Å². The molecule has 0 spiro atoms. The van der Waals surface area contributed by atoms with Crippen LogP contribution in [0, 0.1) is 6.92 Å². The number of aromatic nitrogens is 2. The predicted molar refractivity (Wildman–Crippen MR) is 76.3 cm³/mol. The standard InChI is InChI=1S/C11H10Br2N4/c1-6-7(12)3-2-4-8(6)15-11-16-9(13)5-10(14)17-11/h2-5H,1H3,(H3,14,15,16,17). The Morgan fingerprint density at radius 3 is 2.71 bits per heavy atom. The minimum Gasteiger partial charge on any atom is -0.383 e. The highest BCUT2D eigenvalue weighted by molar-refractivity contribution is 9.10. The van der Waals surface area contributed by atoms with E-state index in [0.29, 0.717) is 16.4 Å². The third-order valence-corrected chi connectivity index (χ3v) is 3.49. The van der Waals surface area contributed by atoms with Crippen LogP contribution in [0.4, 0.5) is 17.5 Å². The Hall–Kier alpha value is -1.14. The van der Waals surface area contributed by atoms with Crippen LogP contribution in [0.2, 0.25) is 0 Å². The van der Waals surface area contributed by atoms with Crippen LogP contribution in [0.3, 0.4) is 0 Å². The molecule has 88 valence electrons. The molecule has 0 fully saturated rings. The molecule has 17 heavy (non-hydrogen) atoms. The fourth-order valence-electron chi connectivity index (χ4n) is 1.35. The number of nitrogen functional groups attached to an aromatic ring is 1. The van der Waals surface area contributed by atoms with Crippen molar-refractivity contribution in [2.24, 2.45) is 0 Å². The van der Waals surface area contributed by atoms with Gasteiger partial charge in [-0.15, -0.1) is 0 Å². The molecular weight excluding hydrogens is 348 g/mol. The first-order chi connectivity index (χ1) is 8.06. The van der Waals surface area contributed by atoms with Crippen molar-refractivity contribution in [2.75, 3.05) is 11.1 Å². The van der Waals surface area contributed by atoms with E-state index < -0.39 is 0 Å². The van der Waals surface area contributed by atoms with Crippen LogP contribution in [0.5, 0.6) is 0 Å². The van der Waals surface area contributed by atoms with Gasteiger partial charge in [0.05, 0.1) is 0 Å². The molecule has 4 nitrogen and oxygen atoms in total. The number of hydrogen-bond donors (Lipinski definition) is 2. The highest BCUT2D eigenvalue weighted by Crippen LogP contribution is 2.26. The summed E-state index contributed by atoms with van der Waals surface area (Å²) < 4.78 is 1.69. The zero-order valence-electron chi connectivity index (χ0n) is 9.04. The lowest BCUT2D eigenvalue weighted by atomic mass is 10.2. The van der Waals surface area contributed by atoms with Crippen LogP contribution in [0.25, 0.3) is 0 Å². The van der Waals surface area contributed by atoms with Crippen LogP contribution < -0.4 is 11.1 Å². The molecular formula is C11H10Br2N4. The molecule has 2 rings (SSSR count). The number of nitrogens with zero attached hydrogens (tertiary/aromatic N) is 2. The quantitative estimate of drug-likeness (QED) is 0.805. The van der Waals surface area contributed by atoms with Gasteiger partial charge < -0.3 is 11.1 Å². The van der Waals surface area contributed by atoms with Gasteiger partial charge in [-0.05, 0) is 40.5 Å². The molecule has 1 heterocycles. The van der Waals surface area contributed by atoms with Gasteiger partial charge >= 0.3 is 0 Å². The summed E-state index contributed by atoms with van der Waals surface area (Å²) in [5, 5.41) is 3.13. The second kappa shape index (κ2) is 5.01. The van der Waals surface area contributed by atoms with E-state index in [1.54, 1.807) is 6.07 Å². The summed E-state index contributed by atoms with van der Waals surface area (Å²) >= 11 is 6.75. The van der Waals surface area contributed by atoms with Gasteiger partial charge in [0.25, 0.3) is 0 Å². The van der Waals surface area contributed by atoms with E-state index >= 15 is 0 Å². The molecule has 3 N–H and O–H groups in total. The molecule has 0 amide bonds. The monoisotopic (exact) mass is 356 g/mol. The molecule has 0 radical (unpaired) electrons. The Kier molecular flexibility index (Phi) is 3.63. The number of benzene rings is 1. The molecule has 1 aromatic carbocycles. The summed E-state index contributed by atoms with van der Waals surface area (Å²) in [6.07, 6.45) is 0. The summed E-state index contributed by atoms with van der Waals surface area (Å²) in [7, 11) is 0. The van der Waals surface area contributed by atoms with E-state index in [1.807, 2.05) is 25.1 Å². The Balaban J connectivity index is 2.34. The van der Waals surface area contributed by atoms with Crippen LogP contribution in [-0.2, 0) is 0 Å². The first-order valence-corrected chi connectivity index (χ1v) is 6.47. The van der Waals surface area contributed by atoms with Crippen molar-refractivity contribution >= 4 is 49.3 Å². The summed E-state index contributed by atoms with van der Waals surface area (Å²) in [4.78, 5) is 8.31. The SMILES string of the molecule is Cc1c(Br)cccc1Nc1nc(N)cc(Br)n1. The maximum atomic E-state index is 5.65. The van der Waals surface area contributed by atoms with Gasteiger partial charge in [-0.25, -0.2) is 4.98 Å². The van der Waals surface area contributed by atoms with E-state index in [0.717, 1.165) is 15.7 Å². The third-order valence-electron chi connectivity index (χ3n) is 2.23. The minimum atomic E-state index is 0.419. The van der Waals surface area contributed by atoms with Gasteiger partial charge in [0.2, 0.25) is 5.95 Å². The fourth-order valence-corrected chi connectivity index (χ4v) is 2.12. The molecule has 1 aromatic heterocycles. The van der Waals surface area contributed by atoms with Crippen molar-refractivity contribution in [3.8, 4) is 0 Å². The number of halogens is 2. The lowest BCUT2D eigenvalue weighted by molar-refractivity contribution is 1.14. The minimum absolute atomic E-state index is 0.419. The van der Waals surface area contributed by atoms with Crippen LogP contribution in [-0.4, -0.2) is 9.97 Å². The maximum Gasteiger partial charge on any atom is 0.230 e. The zero-order chi connectivity index (χ0) is 12.4. The topological polar surface area (TPSA) is 63.8 Å². The highest BCUT2D eigenvalue weighted by atomic mass is 79.9. The Morgan fingerprint density at radius 1 is 1.24 bits per heavy atom. The van der Waals surface area contributed by atoms with Crippen LogP contribution in [0.15, 0.2) is 33.3 Å². The van der Waals surface area contributed by atoms with Crippen LogP contribution >= 0.6 is 31.9 Å². The lowest BCUT2D eigenvalue weighted by Crippen LogP contribution is -2.01. The molecule has 0 bridgehead atoms. The summed E-state index contributed by atoms with van der Waals surface area (Å²) in [5.41, 5.74) is 7.68. The smallest absolute Gasteiger partial charge is 0.230 e. The molecule has 2 aromatic rings. The molecule has 0 saturated heterocycles. The molecule has 0 aliphatic rings. The first kappa shape index (κ1) is 12.3. The van der Waals surface area contributed by atoms with Gasteiger partial charge in [0.15, 0.2) is 0 Å². The van der Waals surface area contributed by atoms with Crippen molar-refractivity contribution in [1.82, 2.24) is 9.97 Å². The lowest BCUT2D eigenvalue weighted by Gasteiger charge is -2.09. The van der Waals surface area contributed by atoms with E-state index in [9.17, 15) is 0 Å². The largest absolute Gasteiger partial charge is 0.383 e. The molecule has 0 aliphatic heterocycles. The highest BCUT2D eigenvalue weighted by Gasteiger charge is 2.05. The fraction of sp³-hybridized carbons (Fsp3) is 0.0909. The van der Waals surface area contributed by atoms with Crippen molar-refractivity contribution in [2.45, 2.75) is 6.92 Å². The summed E-state index contributed by atoms with van der Waals surface area (Å²) in [6, 6.07) is 7.54. The molecule has 6 heteroatoms. The molecule has 0 unspecified atom stereocenters. The number of nitrogens with two attached hydrogens (primary N) is 1. The first-order valence-electron chi connectivity index (χ1n) is 4.88. The van der Waals surface area contributed by atoms with Gasteiger partial charge in [-0.1, -0.05) is 22.0 Å². The second-order valence-corrected chi connectivity index (χ2v) is 5.14. The zero-order valence-corrected chi connectivity index (χ0v) is 12.2. The van der Waals surface area contributed by atoms with E-state index in [4.69, 9.17) is 5.73 Å². The average molecular weight is 358 g/mol. The number of anilines is 3. The molecule has 0 atom stereocenters. The third kappa shape index (κ3) is 2.95. The average Bonchev–Trinajstić information content (AvgIpc) is 2.23. The van der Waals surface area contributed by atoms with Crippen LogP contribution in [0.1, 0.15) is 5.56 Å². The normalized spacial score (nSPS) is 10.3. The second-order valence-electron chi connectivity index (χ2n) is 3.48. The van der Waals surface area contributed by atoms with E-state index in [1.165, 1.54) is 0 Å². The number of nitrogens with one attached hydrogen (secondary N) is 1. The summed E-state index contributed by atoms with van der Waals surface area (Å²) in [5.74, 6) is 0.889. The predicted octanol–water partition coefficient (Wildman–Crippen LogP) is 3.64. The Bertz CT molecular complexity index is 537. The summed E-state index contributed by atoms with van der Waals surface area (Å²) in [6.45, 7) is 2.01. The van der Waals surface area contributed by atoms with E-state index in [2.05, 4.69) is 47.1 Å². The van der Waals surface area contributed by atoms with Crippen molar-refractivity contribution in [3.63, 3.8) is 0 Å². The van der Waals surface area contributed by atoms with Gasteiger partial charge in [0, 0.05) is 16.2 Å². The van der Waals surface area contributed by atoms with Crippen molar-refractivity contribution < 1.29 is 0 Å². The Morgan fingerprint density at radius 2 is 2.00 bits per heavy atom. The van der Waals surface area contributed by atoms with Gasteiger partial charge in [-0.3, -0.25) is 0 Å². The van der Waals surface area contributed by atoms with Gasteiger partial charge in [-0.2, -0.15) is 4.98 Å². The molecule has 0 saturated carbocycles.